The van der Waals surface area contributed by atoms with Crippen molar-refractivity contribution in [1.82, 2.24) is 10.2 Å². The van der Waals surface area contributed by atoms with Gasteiger partial charge in [0.05, 0.1) is 5.92 Å². The van der Waals surface area contributed by atoms with E-state index in [-0.39, 0.29) is 24.2 Å². The number of benzene rings is 1. The molecule has 7 heteroatoms. The van der Waals surface area contributed by atoms with Crippen LogP contribution in [0.4, 0.5) is 0 Å². The van der Waals surface area contributed by atoms with Crippen molar-refractivity contribution in [3.05, 3.63) is 34.9 Å². The predicted octanol–water partition coefficient (Wildman–Crippen LogP) is 2.17. The molecule has 1 fully saturated rings. The monoisotopic (exact) mass is 352 g/mol. The van der Waals surface area contributed by atoms with Gasteiger partial charge in [-0.1, -0.05) is 11.6 Å². The van der Waals surface area contributed by atoms with Gasteiger partial charge < -0.3 is 15.3 Å². The summed E-state index contributed by atoms with van der Waals surface area (Å²) in [6, 6.07) is 6.71. The lowest BCUT2D eigenvalue weighted by atomic mass is 9.96. The average Bonchev–Trinajstić information content (AvgIpc) is 2.58. The van der Waals surface area contributed by atoms with E-state index in [4.69, 9.17) is 16.7 Å². The Labute approximate surface area is 145 Å². The number of likely N-dealkylation sites (tertiary alicyclic amines) is 1. The summed E-state index contributed by atoms with van der Waals surface area (Å²) in [5.74, 6) is -1.34. The summed E-state index contributed by atoms with van der Waals surface area (Å²) in [6.45, 7) is 1.35. The molecule has 1 aromatic carbocycles. The van der Waals surface area contributed by atoms with E-state index in [0.717, 1.165) is 12.8 Å². The van der Waals surface area contributed by atoms with E-state index in [2.05, 4.69) is 5.32 Å². The van der Waals surface area contributed by atoms with Gasteiger partial charge in [-0.3, -0.25) is 14.4 Å². The van der Waals surface area contributed by atoms with E-state index in [9.17, 15) is 14.4 Å². The Hall–Kier alpha value is -2.08. The average molecular weight is 353 g/mol. The Balaban J connectivity index is 1.86. The molecule has 1 unspecified atom stereocenters. The molecule has 1 saturated heterocycles. The number of carboxylic acids is 1. The highest BCUT2D eigenvalue weighted by molar-refractivity contribution is 6.30. The number of nitrogens with one attached hydrogen (secondary N) is 1. The molecule has 1 aliphatic rings. The summed E-state index contributed by atoms with van der Waals surface area (Å²) in [5.41, 5.74) is 0.557. The molecule has 2 rings (SSSR count). The maximum Gasteiger partial charge on any atom is 0.303 e. The molecule has 6 nitrogen and oxygen atoms in total. The lowest BCUT2D eigenvalue weighted by Crippen LogP contribution is -2.45. The first-order valence-corrected chi connectivity index (χ1v) is 8.39. The second-order valence-electron chi connectivity index (χ2n) is 5.89. The number of carbonyl (C=O) groups is 3. The standard InChI is InChI=1S/C17H21ClN2O4/c18-14-7-5-12(6-8-14)17(24)20-10-2-3-13(11-20)16(23)19-9-1-4-15(21)22/h5-8,13H,1-4,9-11H2,(H,19,23)(H,21,22). The van der Waals surface area contributed by atoms with Crippen LogP contribution in [-0.2, 0) is 9.59 Å². The summed E-state index contributed by atoms with van der Waals surface area (Å²) in [4.78, 5) is 36.8. The van der Waals surface area contributed by atoms with Gasteiger partial charge in [0.2, 0.25) is 5.91 Å². The molecule has 1 atom stereocenters. The van der Waals surface area contributed by atoms with Gasteiger partial charge in [0.15, 0.2) is 0 Å². The van der Waals surface area contributed by atoms with E-state index in [0.29, 0.717) is 36.6 Å². The van der Waals surface area contributed by atoms with Gasteiger partial charge in [-0.15, -0.1) is 0 Å². The van der Waals surface area contributed by atoms with Crippen molar-refractivity contribution < 1.29 is 19.5 Å². The minimum absolute atomic E-state index is 0.0339. The number of amides is 2. The molecule has 130 valence electrons. The number of hydrogen-bond acceptors (Lipinski definition) is 3. The topological polar surface area (TPSA) is 86.7 Å². The molecule has 1 aliphatic heterocycles. The summed E-state index contributed by atoms with van der Waals surface area (Å²) in [6.07, 6.45) is 1.94. The van der Waals surface area contributed by atoms with Crippen LogP contribution in [0.2, 0.25) is 5.02 Å². The summed E-state index contributed by atoms with van der Waals surface area (Å²) in [7, 11) is 0. The van der Waals surface area contributed by atoms with Crippen molar-refractivity contribution in [2.75, 3.05) is 19.6 Å². The molecular weight excluding hydrogens is 332 g/mol. The minimum Gasteiger partial charge on any atom is -0.481 e. The lowest BCUT2D eigenvalue weighted by Gasteiger charge is -2.32. The summed E-state index contributed by atoms with van der Waals surface area (Å²) < 4.78 is 0. The van der Waals surface area contributed by atoms with Crippen LogP contribution in [0.15, 0.2) is 24.3 Å². The fourth-order valence-electron chi connectivity index (χ4n) is 2.75. The first-order chi connectivity index (χ1) is 11.5. The van der Waals surface area contributed by atoms with Crippen LogP contribution < -0.4 is 5.32 Å². The molecule has 0 radical (unpaired) electrons. The number of nitrogens with zero attached hydrogens (tertiary/aromatic N) is 1. The molecule has 0 aromatic heterocycles. The quantitative estimate of drug-likeness (QED) is 0.768. The SMILES string of the molecule is O=C(O)CCCNC(=O)C1CCCN(C(=O)c2ccc(Cl)cc2)C1. The van der Waals surface area contributed by atoms with Crippen molar-refractivity contribution >= 4 is 29.4 Å². The van der Waals surface area contributed by atoms with Crippen molar-refractivity contribution in [1.29, 1.82) is 0 Å². The highest BCUT2D eigenvalue weighted by Crippen LogP contribution is 2.19. The first kappa shape index (κ1) is 18.3. The van der Waals surface area contributed by atoms with Crippen LogP contribution in [0.5, 0.6) is 0 Å². The summed E-state index contributed by atoms with van der Waals surface area (Å²) in [5, 5.41) is 11.9. The predicted molar refractivity (Wildman–Crippen MR) is 90.0 cm³/mol. The highest BCUT2D eigenvalue weighted by Gasteiger charge is 2.28. The van der Waals surface area contributed by atoms with Crippen molar-refractivity contribution in [3.63, 3.8) is 0 Å². The van der Waals surface area contributed by atoms with Crippen LogP contribution in [0.3, 0.4) is 0 Å². The van der Waals surface area contributed by atoms with Gasteiger partial charge in [0.25, 0.3) is 5.91 Å². The molecule has 0 spiro atoms. The van der Waals surface area contributed by atoms with E-state index in [1.807, 2.05) is 0 Å². The fraction of sp³-hybridized carbons (Fsp3) is 0.471. The van der Waals surface area contributed by atoms with E-state index < -0.39 is 5.97 Å². The molecule has 1 aromatic rings. The Bertz CT molecular complexity index is 603. The van der Waals surface area contributed by atoms with Gasteiger partial charge in [-0.2, -0.15) is 0 Å². The molecular formula is C17H21ClN2O4. The van der Waals surface area contributed by atoms with Crippen molar-refractivity contribution in [2.45, 2.75) is 25.7 Å². The first-order valence-electron chi connectivity index (χ1n) is 8.01. The van der Waals surface area contributed by atoms with Crippen LogP contribution in [0, 0.1) is 5.92 Å². The second-order valence-corrected chi connectivity index (χ2v) is 6.32. The number of halogens is 1. The largest absolute Gasteiger partial charge is 0.481 e. The van der Waals surface area contributed by atoms with Gasteiger partial charge >= 0.3 is 5.97 Å². The fourth-order valence-corrected chi connectivity index (χ4v) is 2.87. The van der Waals surface area contributed by atoms with Gasteiger partial charge in [-0.25, -0.2) is 0 Å². The number of aliphatic carboxylic acids is 1. The third-order valence-electron chi connectivity index (χ3n) is 4.04. The number of carboxylic acid groups (broad SMARTS) is 1. The molecule has 2 N–H and O–H groups in total. The third-order valence-corrected chi connectivity index (χ3v) is 4.29. The summed E-state index contributed by atoms with van der Waals surface area (Å²) >= 11 is 5.83. The van der Waals surface area contributed by atoms with Gasteiger partial charge in [0, 0.05) is 36.6 Å². The molecule has 1 heterocycles. The normalized spacial score (nSPS) is 17.4. The highest BCUT2D eigenvalue weighted by atomic mass is 35.5. The zero-order valence-electron chi connectivity index (χ0n) is 13.3. The van der Waals surface area contributed by atoms with Gasteiger partial charge in [0.1, 0.15) is 0 Å². The molecule has 2 amide bonds. The lowest BCUT2D eigenvalue weighted by molar-refractivity contribution is -0.137. The van der Waals surface area contributed by atoms with Crippen molar-refractivity contribution in [3.8, 4) is 0 Å². The van der Waals surface area contributed by atoms with Crippen LogP contribution in [0.1, 0.15) is 36.0 Å². The Kier molecular flexibility index (Phi) is 6.61. The zero-order valence-corrected chi connectivity index (χ0v) is 14.1. The number of hydrogen-bond donors (Lipinski definition) is 2. The Morgan fingerprint density at radius 1 is 1.25 bits per heavy atom. The van der Waals surface area contributed by atoms with Crippen LogP contribution in [0.25, 0.3) is 0 Å². The van der Waals surface area contributed by atoms with Crippen LogP contribution in [-0.4, -0.2) is 47.4 Å². The number of rotatable bonds is 6. The molecule has 0 saturated carbocycles. The Morgan fingerprint density at radius 3 is 2.62 bits per heavy atom. The third kappa shape index (κ3) is 5.23. The molecule has 0 aliphatic carbocycles. The number of carbonyl (C=O) groups excluding carboxylic acids is 2. The van der Waals surface area contributed by atoms with E-state index in [1.165, 1.54) is 0 Å². The molecule has 24 heavy (non-hydrogen) atoms. The van der Waals surface area contributed by atoms with Gasteiger partial charge in [-0.05, 0) is 43.5 Å². The van der Waals surface area contributed by atoms with Crippen molar-refractivity contribution in [2.24, 2.45) is 5.92 Å². The van der Waals surface area contributed by atoms with Crippen LogP contribution >= 0.6 is 11.6 Å². The maximum atomic E-state index is 12.5. The smallest absolute Gasteiger partial charge is 0.303 e. The maximum absolute atomic E-state index is 12.5. The van der Waals surface area contributed by atoms with E-state index in [1.54, 1.807) is 29.2 Å². The zero-order chi connectivity index (χ0) is 17.5. The minimum atomic E-state index is -0.873. The molecule has 0 bridgehead atoms. The van der Waals surface area contributed by atoms with E-state index >= 15 is 0 Å². The second kappa shape index (κ2) is 8.68. The Morgan fingerprint density at radius 2 is 1.96 bits per heavy atom. The number of piperidine rings is 1.